The van der Waals surface area contributed by atoms with Crippen LogP contribution in [0, 0.1) is 6.92 Å². The number of rotatable bonds is 3. The van der Waals surface area contributed by atoms with Crippen LogP contribution >= 0.6 is 0 Å². The summed E-state index contributed by atoms with van der Waals surface area (Å²) in [6.45, 7) is 4.00. The van der Waals surface area contributed by atoms with Crippen molar-refractivity contribution in [3.8, 4) is 11.4 Å². The Morgan fingerprint density at radius 1 is 1.03 bits per heavy atom. The van der Waals surface area contributed by atoms with Gasteiger partial charge < -0.3 is 14.2 Å². The Hall–Kier alpha value is -3.36. The van der Waals surface area contributed by atoms with E-state index >= 15 is 0 Å². The maximum absolute atomic E-state index is 12.8. The number of hydrogen-bond donors (Lipinski definition) is 0. The Kier molecular flexibility index (Phi) is 5.19. The van der Waals surface area contributed by atoms with Gasteiger partial charge in [-0.2, -0.15) is 13.2 Å². The molecule has 0 N–H and O–H groups in total. The van der Waals surface area contributed by atoms with Crippen molar-refractivity contribution in [2.24, 2.45) is 0 Å². The van der Waals surface area contributed by atoms with E-state index in [4.69, 9.17) is 4.42 Å². The maximum atomic E-state index is 12.8. The molecule has 156 valence electrons. The van der Waals surface area contributed by atoms with Gasteiger partial charge in [0, 0.05) is 43.5 Å². The van der Waals surface area contributed by atoms with E-state index in [0.29, 0.717) is 54.8 Å². The van der Waals surface area contributed by atoms with E-state index in [1.807, 2.05) is 17.9 Å². The summed E-state index contributed by atoms with van der Waals surface area (Å²) >= 11 is 0. The Bertz CT molecular complexity index is 1030. The van der Waals surface area contributed by atoms with E-state index in [1.165, 1.54) is 18.4 Å². The normalized spacial score (nSPS) is 14.8. The van der Waals surface area contributed by atoms with Crippen LogP contribution in [0.25, 0.3) is 11.4 Å². The highest BCUT2D eigenvalue weighted by Crippen LogP contribution is 2.30. The van der Waals surface area contributed by atoms with E-state index in [2.05, 4.69) is 9.97 Å². The van der Waals surface area contributed by atoms with Gasteiger partial charge >= 0.3 is 6.18 Å². The molecule has 3 heterocycles. The molecule has 2 aromatic heterocycles. The van der Waals surface area contributed by atoms with Crippen LogP contribution in [0.5, 0.6) is 0 Å². The molecule has 6 nitrogen and oxygen atoms in total. The zero-order valence-electron chi connectivity index (χ0n) is 16.2. The number of carbonyl (C=O) groups excluding carboxylic acids is 1. The average molecular weight is 416 g/mol. The lowest BCUT2D eigenvalue weighted by Gasteiger charge is -2.35. The van der Waals surface area contributed by atoms with Gasteiger partial charge in [0.1, 0.15) is 5.82 Å². The lowest BCUT2D eigenvalue weighted by molar-refractivity contribution is -0.137. The van der Waals surface area contributed by atoms with Crippen LogP contribution in [0.1, 0.15) is 21.8 Å². The highest BCUT2D eigenvalue weighted by Gasteiger charge is 2.30. The third-order valence-electron chi connectivity index (χ3n) is 4.93. The zero-order chi connectivity index (χ0) is 21.3. The van der Waals surface area contributed by atoms with Crippen molar-refractivity contribution >= 4 is 11.7 Å². The first-order chi connectivity index (χ1) is 14.3. The number of aryl methyl sites for hydroxylation is 1. The second-order valence-corrected chi connectivity index (χ2v) is 7.02. The maximum Gasteiger partial charge on any atom is 0.416 e. The third-order valence-corrected chi connectivity index (χ3v) is 4.93. The fraction of sp³-hybridized carbons (Fsp3) is 0.286. The molecule has 9 heteroatoms. The van der Waals surface area contributed by atoms with Gasteiger partial charge in [-0.05, 0) is 31.2 Å². The first-order valence-corrected chi connectivity index (χ1v) is 9.42. The first-order valence-electron chi connectivity index (χ1n) is 9.42. The van der Waals surface area contributed by atoms with Crippen molar-refractivity contribution in [1.82, 2.24) is 14.9 Å². The number of amides is 1. The molecule has 0 radical (unpaired) electrons. The number of hydrogen-bond acceptors (Lipinski definition) is 5. The summed E-state index contributed by atoms with van der Waals surface area (Å²) in [5.74, 6) is 1.21. The van der Waals surface area contributed by atoms with Crippen LogP contribution in [-0.2, 0) is 6.18 Å². The van der Waals surface area contributed by atoms with Gasteiger partial charge in [0.15, 0.2) is 11.6 Å². The molecule has 3 aromatic rings. The van der Waals surface area contributed by atoms with Gasteiger partial charge in [0.25, 0.3) is 5.91 Å². The van der Waals surface area contributed by atoms with E-state index in [-0.39, 0.29) is 5.91 Å². The Labute approximate surface area is 171 Å². The molecule has 0 unspecified atom stereocenters. The van der Waals surface area contributed by atoms with Crippen LogP contribution in [0.3, 0.4) is 0 Å². The predicted molar refractivity (Wildman–Crippen MR) is 104 cm³/mol. The van der Waals surface area contributed by atoms with Gasteiger partial charge in [-0.25, -0.2) is 9.97 Å². The van der Waals surface area contributed by atoms with Crippen molar-refractivity contribution in [3.63, 3.8) is 0 Å². The van der Waals surface area contributed by atoms with Crippen molar-refractivity contribution in [1.29, 1.82) is 0 Å². The number of benzene rings is 1. The Morgan fingerprint density at radius 2 is 1.73 bits per heavy atom. The molecule has 1 amide bonds. The second-order valence-electron chi connectivity index (χ2n) is 7.02. The number of aromatic nitrogens is 2. The molecule has 4 rings (SSSR count). The van der Waals surface area contributed by atoms with E-state index in [1.54, 1.807) is 17.0 Å². The summed E-state index contributed by atoms with van der Waals surface area (Å²) in [6.07, 6.45) is -2.92. The number of piperazine rings is 1. The molecule has 0 bridgehead atoms. The standard InChI is InChI=1S/C21H19F3N4O2/c1-14-13-18(26-19(25-14)15-4-6-16(7-5-15)21(22,23)24)27-8-10-28(11-9-27)20(29)17-3-2-12-30-17/h2-7,12-13H,8-11H2,1H3. The van der Waals surface area contributed by atoms with Gasteiger partial charge in [-0.1, -0.05) is 12.1 Å². The van der Waals surface area contributed by atoms with Crippen molar-refractivity contribution in [2.75, 3.05) is 31.1 Å². The van der Waals surface area contributed by atoms with E-state index in [0.717, 1.165) is 12.1 Å². The SMILES string of the molecule is Cc1cc(N2CCN(C(=O)c3ccco3)CC2)nc(-c2ccc(C(F)(F)F)cc2)n1. The van der Waals surface area contributed by atoms with E-state index < -0.39 is 11.7 Å². The number of halogens is 3. The van der Waals surface area contributed by atoms with Gasteiger partial charge in [-0.3, -0.25) is 4.79 Å². The van der Waals surface area contributed by atoms with E-state index in [9.17, 15) is 18.0 Å². The largest absolute Gasteiger partial charge is 0.459 e. The quantitative estimate of drug-likeness (QED) is 0.645. The van der Waals surface area contributed by atoms with Gasteiger partial charge in [0.05, 0.1) is 11.8 Å². The van der Waals surface area contributed by atoms with Gasteiger partial charge in [-0.15, -0.1) is 0 Å². The highest BCUT2D eigenvalue weighted by molar-refractivity contribution is 5.91. The zero-order valence-corrected chi connectivity index (χ0v) is 16.2. The fourth-order valence-corrected chi connectivity index (χ4v) is 3.35. The molecular formula is C21H19F3N4O2. The molecule has 1 aromatic carbocycles. The lowest BCUT2D eigenvalue weighted by Crippen LogP contribution is -2.49. The molecule has 0 saturated carbocycles. The smallest absolute Gasteiger partial charge is 0.416 e. The minimum absolute atomic E-state index is 0.149. The predicted octanol–water partition coefficient (Wildman–Crippen LogP) is 4.03. The van der Waals surface area contributed by atoms with Crippen LogP contribution < -0.4 is 4.90 Å². The van der Waals surface area contributed by atoms with Crippen molar-refractivity contribution < 1.29 is 22.4 Å². The minimum Gasteiger partial charge on any atom is -0.459 e. The summed E-state index contributed by atoms with van der Waals surface area (Å²) in [5, 5.41) is 0. The fourth-order valence-electron chi connectivity index (χ4n) is 3.35. The van der Waals surface area contributed by atoms with Crippen LogP contribution in [-0.4, -0.2) is 47.0 Å². The van der Waals surface area contributed by atoms with Crippen LogP contribution in [0.4, 0.5) is 19.0 Å². The van der Waals surface area contributed by atoms with Crippen molar-refractivity contribution in [2.45, 2.75) is 13.1 Å². The van der Waals surface area contributed by atoms with Gasteiger partial charge in [0.2, 0.25) is 0 Å². The second kappa shape index (κ2) is 7.81. The van der Waals surface area contributed by atoms with Crippen LogP contribution in [0.2, 0.25) is 0 Å². The van der Waals surface area contributed by atoms with Crippen LogP contribution in [0.15, 0.2) is 53.1 Å². The Morgan fingerprint density at radius 3 is 2.33 bits per heavy atom. The molecule has 0 spiro atoms. The number of anilines is 1. The monoisotopic (exact) mass is 416 g/mol. The summed E-state index contributed by atoms with van der Waals surface area (Å²) in [5.41, 5.74) is 0.514. The summed E-state index contributed by atoms with van der Waals surface area (Å²) in [4.78, 5) is 25.1. The summed E-state index contributed by atoms with van der Waals surface area (Å²) < 4.78 is 43.6. The molecule has 30 heavy (non-hydrogen) atoms. The molecule has 1 saturated heterocycles. The topological polar surface area (TPSA) is 62.5 Å². The molecule has 1 aliphatic rings. The lowest BCUT2D eigenvalue weighted by atomic mass is 10.1. The Balaban J connectivity index is 1.49. The molecule has 1 aliphatic heterocycles. The molecule has 0 atom stereocenters. The average Bonchev–Trinajstić information content (AvgIpc) is 3.27. The number of alkyl halides is 3. The first kappa shape index (κ1) is 19.9. The number of carbonyl (C=O) groups is 1. The molecule has 0 aliphatic carbocycles. The van der Waals surface area contributed by atoms with Crippen molar-refractivity contribution in [3.05, 3.63) is 65.7 Å². The summed E-state index contributed by atoms with van der Waals surface area (Å²) in [6, 6.07) is 9.95. The highest BCUT2D eigenvalue weighted by atomic mass is 19.4. The number of furan rings is 1. The minimum atomic E-state index is -4.39. The number of nitrogens with zero attached hydrogens (tertiary/aromatic N) is 4. The molecular weight excluding hydrogens is 397 g/mol. The summed E-state index contributed by atoms with van der Waals surface area (Å²) in [7, 11) is 0. The third kappa shape index (κ3) is 4.14. The molecule has 1 fully saturated rings.